The summed E-state index contributed by atoms with van der Waals surface area (Å²) in [6.45, 7) is 4.17. The van der Waals surface area contributed by atoms with Crippen molar-refractivity contribution < 1.29 is 4.79 Å². The van der Waals surface area contributed by atoms with Crippen molar-refractivity contribution in [2.75, 3.05) is 0 Å². The van der Waals surface area contributed by atoms with E-state index in [1.807, 2.05) is 31.2 Å². The third kappa shape index (κ3) is 5.65. The summed E-state index contributed by atoms with van der Waals surface area (Å²) in [6, 6.07) is 7.52. The Kier molecular flexibility index (Phi) is 6.76. The zero-order valence-corrected chi connectivity index (χ0v) is 13.5. The second kappa shape index (κ2) is 7.84. The van der Waals surface area contributed by atoms with Crippen LogP contribution in [0.4, 0.5) is 0 Å². The van der Waals surface area contributed by atoms with E-state index < -0.39 is 0 Å². The van der Waals surface area contributed by atoms with Crippen molar-refractivity contribution in [1.29, 1.82) is 0 Å². The van der Waals surface area contributed by atoms with Gasteiger partial charge in [-0.1, -0.05) is 0 Å². The van der Waals surface area contributed by atoms with E-state index in [0.717, 1.165) is 14.4 Å². The SMILES string of the molecule is CCCC[Se]C([Se])=NC(=O)c1ccc(C)cc1. The van der Waals surface area contributed by atoms with Crippen LogP contribution in [-0.2, 0) is 0 Å². The molecule has 0 aromatic heterocycles. The minimum atomic E-state index is -0.142. The molecule has 1 radical (unpaired) electrons. The van der Waals surface area contributed by atoms with Gasteiger partial charge in [-0.2, -0.15) is 0 Å². The first-order valence-electron chi connectivity index (χ1n) is 5.63. The number of hydrogen-bond acceptors (Lipinski definition) is 1. The van der Waals surface area contributed by atoms with Crippen LogP contribution in [0, 0.1) is 6.92 Å². The quantitative estimate of drug-likeness (QED) is 0.451. The van der Waals surface area contributed by atoms with Crippen LogP contribution in [0.5, 0.6) is 0 Å². The maximum absolute atomic E-state index is 11.8. The van der Waals surface area contributed by atoms with Crippen LogP contribution in [-0.4, -0.2) is 40.4 Å². The average molecular weight is 360 g/mol. The Morgan fingerprint density at radius 3 is 2.59 bits per heavy atom. The zero-order valence-electron chi connectivity index (χ0n) is 10.1. The predicted octanol–water partition coefficient (Wildman–Crippen LogP) is 2.58. The average Bonchev–Trinajstić information content (AvgIpc) is 2.30. The number of amides is 1. The fourth-order valence-corrected chi connectivity index (χ4v) is 3.85. The van der Waals surface area contributed by atoms with E-state index >= 15 is 0 Å². The van der Waals surface area contributed by atoms with Crippen molar-refractivity contribution in [3.05, 3.63) is 35.4 Å². The molecule has 0 aliphatic rings. The van der Waals surface area contributed by atoms with Gasteiger partial charge in [0, 0.05) is 0 Å². The third-order valence-electron chi connectivity index (χ3n) is 2.21. The van der Waals surface area contributed by atoms with E-state index in [0.29, 0.717) is 20.5 Å². The topological polar surface area (TPSA) is 29.4 Å². The van der Waals surface area contributed by atoms with Gasteiger partial charge in [-0.15, -0.1) is 0 Å². The fourth-order valence-electron chi connectivity index (χ4n) is 1.18. The van der Waals surface area contributed by atoms with Crippen LogP contribution in [0.2, 0.25) is 5.32 Å². The number of aryl methyl sites for hydroxylation is 1. The van der Waals surface area contributed by atoms with Crippen molar-refractivity contribution in [2.45, 2.75) is 32.0 Å². The molecule has 2 nitrogen and oxygen atoms in total. The Hall–Kier alpha value is -0.401. The number of aliphatic imine (C=N–C) groups is 1. The number of hydrogen-bond donors (Lipinski definition) is 0. The molecule has 0 unspecified atom stereocenters. The van der Waals surface area contributed by atoms with Crippen molar-refractivity contribution in [1.82, 2.24) is 0 Å². The maximum atomic E-state index is 11.8. The first-order valence-corrected chi connectivity index (χ1v) is 8.55. The molecule has 0 N–H and O–H groups in total. The van der Waals surface area contributed by atoms with Gasteiger partial charge in [-0.3, -0.25) is 0 Å². The van der Waals surface area contributed by atoms with E-state index in [-0.39, 0.29) is 5.91 Å². The molecule has 1 aromatic rings. The zero-order chi connectivity index (χ0) is 12.7. The van der Waals surface area contributed by atoms with Gasteiger partial charge in [0.05, 0.1) is 0 Å². The monoisotopic (exact) mass is 362 g/mol. The second-order valence-corrected chi connectivity index (χ2v) is 8.15. The van der Waals surface area contributed by atoms with Gasteiger partial charge in [0.15, 0.2) is 0 Å². The normalized spacial score (nSPS) is 11.5. The van der Waals surface area contributed by atoms with Crippen LogP contribution >= 0.6 is 0 Å². The minimum absolute atomic E-state index is 0.142. The van der Waals surface area contributed by atoms with Crippen LogP contribution in [0.15, 0.2) is 29.3 Å². The first kappa shape index (κ1) is 14.7. The summed E-state index contributed by atoms with van der Waals surface area (Å²) in [5.41, 5.74) is 1.82. The number of carbonyl (C=O) groups excluding carboxylic acids is 1. The van der Waals surface area contributed by atoms with Crippen LogP contribution in [0.3, 0.4) is 0 Å². The molecule has 0 aliphatic heterocycles. The predicted molar refractivity (Wildman–Crippen MR) is 74.2 cm³/mol. The Bertz CT molecular complexity index is 398. The van der Waals surface area contributed by atoms with E-state index in [9.17, 15) is 4.79 Å². The summed E-state index contributed by atoms with van der Waals surface area (Å²) in [5, 5.41) is 1.15. The van der Waals surface area contributed by atoms with Crippen molar-refractivity contribution in [2.24, 2.45) is 4.99 Å². The number of carbonyl (C=O) groups is 1. The molecule has 0 saturated heterocycles. The molecule has 0 atom stereocenters. The molecular formula is C13H16NOSe2. The molecule has 0 saturated carbocycles. The van der Waals surface area contributed by atoms with E-state index in [4.69, 9.17) is 0 Å². The summed E-state index contributed by atoms with van der Waals surface area (Å²) in [4.78, 5) is 15.9. The van der Waals surface area contributed by atoms with Gasteiger partial charge in [0.25, 0.3) is 0 Å². The van der Waals surface area contributed by atoms with Gasteiger partial charge < -0.3 is 0 Å². The molecule has 0 bridgehead atoms. The van der Waals surface area contributed by atoms with Gasteiger partial charge in [-0.05, 0) is 0 Å². The molecule has 1 amide bonds. The molecule has 0 spiro atoms. The van der Waals surface area contributed by atoms with E-state index in [1.54, 1.807) is 0 Å². The molecule has 17 heavy (non-hydrogen) atoms. The Balaban J connectivity index is 2.58. The van der Waals surface area contributed by atoms with Gasteiger partial charge >= 0.3 is 118 Å². The Morgan fingerprint density at radius 1 is 1.35 bits per heavy atom. The molecule has 1 aromatic carbocycles. The second-order valence-electron chi connectivity index (χ2n) is 3.75. The molecular weight excluding hydrogens is 344 g/mol. The number of benzene rings is 1. The van der Waals surface area contributed by atoms with Gasteiger partial charge in [-0.25, -0.2) is 0 Å². The van der Waals surface area contributed by atoms with Crippen LogP contribution in [0.25, 0.3) is 0 Å². The van der Waals surface area contributed by atoms with Gasteiger partial charge in [0.2, 0.25) is 0 Å². The van der Waals surface area contributed by atoms with Crippen molar-refractivity contribution >= 4 is 40.4 Å². The Labute approximate surface area is 117 Å². The molecule has 0 heterocycles. The number of rotatable bonds is 5. The third-order valence-corrected chi connectivity index (χ3v) is 5.43. The molecule has 4 heteroatoms. The summed E-state index contributed by atoms with van der Waals surface area (Å²) >= 11 is 3.22. The molecule has 0 fully saturated rings. The summed E-state index contributed by atoms with van der Waals surface area (Å²) in [7, 11) is 0. The van der Waals surface area contributed by atoms with Crippen molar-refractivity contribution in [3.63, 3.8) is 0 Å². The van der Waals surface area contributed by atoms with E-state index in [2.05, 4.69) is 27.9 Å². The number of unbranched alkanes of at least 4 members (excludes halogenated alkanes) is 1. The van der Waals surface area contributed by atoms with E-state index in [1.165, 1.54) is 12.8 Å². The fraction of sp³-hybridized carbons (Fsp3) is 0.385. The first-order chi connectivity index (χ1) is 8.13. The standard InChI is InChI=1S/C13H16NOSe2/c1-3-4-9-17-13(16)14-12(15)11-7-5-10(2)6-8-11/h5-8H,3-4,9H2,1-2H3. The van der Waals surface area contributed by atoms with Crippen LogP contribution < -0.4 is 0 Å². The summed E-state index contributed by atoms with van der Waals surface area (Å²) in [5.74, 6) is -0.142. The number of nitrogens with zero attached hydrogens (tertiary/aromatic N) is 1. The van der Waals surface area contributed by atoms with Crippen LogP contribution in [0.1, 0.15) is 35.7 Å². The Morgan fingerprint density at radius 2 is 2.00 bits per heavy atom. The van der Waals surface area contributed by atoms with Gasteiger partial charge in [0.1, 0.15) is 0 Å². The summed E-state index contributed by atoms with van der Waals surface area (Å²) < 4.78 is 0.872. The van der Waals surface area contributed by atoms with Crippen molar-refractivity contribution in [3.8, 4) is 0 Å². The molecule has 0 aliphatic carbocycles. The molecule has 1 rings (SSSR count). The molecule has 91 valence electrons. The summed E-state index contributed by atoms with van der Waals surface area (Å²) in [6.07, 6.45) is 2.40.